The number of carbonyl (C=O) groups is 1. The van der Waals surface area contributed by atoms with Crippen LogP contribution in [0.5, 0.6) is 0 Å². The number of fused-ring (bicyclic) bond motifs is 2. The minimum Gasteiger partial charge on any atom is -0.345 e. The van der Waals surface area contributed by atoms with Crippen LogP contribution in [0.2, 0.25) is 0 Å². The second-order valence-electron chi connectivity index (χ2n) is 6.20. The maximum Gasteiger partial charge on any atom is 0.254 e. The molecule has 2 heterocycles. The molecule has 8 heteroatoms. The van der Waals surface area contributed by atoms with E-state index in [2.05, 4.69) is 20.7 Å². The molecular formula is C17H16FN5O2. The van der Waals surface area contributed by atoms with Gasteiger partial charge in [0.05, 0.1) is 11.6 Å². The summed E-state index contributed by atoms with van der Waals surface area (Å²) in [5, 5.41) is 13.1. The summed E-state index contributed by atoms with van der Waals surface area (Å²) in [7, 11) is 1.73. The number of halogens is 1. The lowest BCUT2D eigenvalue weighted by molar-refractivity contribution is 0.0933. The quantitative estimate of drug-likeness (QED) is 0.740. The summed E-state index contributed by atoms with van der Waals surface area (Å²) in [6, 6.07) is 5.42. The molecule has 0 saturated heterocycles. The van der Waals surface area contributed by atoms with Crippen molar-refractivity contribution in [1.29, 1.82) is 0 Å². The average molecular weight is 341 g/mol. The fourth-order valence-corrected chi connectivity index (χ4v) is 3.43. The number of aromatic nitrogens is 4. The average Bonchev–Trinajstić information content (AvgIpc) is 3.06. The van der Waals surface area contributed by atoms with Crippen molar-refractivity contribution in [2.45, 2.75) is 25.3 Å². The number of carbonyl (C=O) groups excluding carboxylic acids is 1. The smallest absolute Gasteiger partial charge is 0.254 e. The molecule has 1 amide bonds. The van der Waals surface area contributed by atoms with Gasteiger partial charge in [-0.25, -0.2) is 4.39 Å². The van der Waals surface area contributed by atoms with E-state index < -0.39 is 11.7 Å². The molecule has 4 rings (SSSR count). The molecular weight excluding hydrogens is 325 g/mol. The van der Waals surface area contributed by atoms with Crippen LogP contribution in [0, 0.1) is 5.82 Å². The largest absolute Gasteiger partial charge is 0.345 e. The zero-order valence-corrected chi connectivity index (χ0v) is 13.5. The topological polar surface area (TPSA) is 92.7 Å². The minimum absolute atomic E-state index is 0.0693. The summed E-state index contributed by atoms with van der Waals surface area (Å²) in [6.07, 6.45) is 2.41. The summed E-state index contributed by atoms with van der Waals surface area (Å²) in [5.41, 5.74) is 2.55. The predicted molar refractivity (Wildman–Crippen MR) is 88.7 cm³/mol. The highest BCUT2D eigenvalue weighted by molar-refractivity contribution is 6.04. The van der Waals surface area contributed by atoms with Crippen LogP contribution in [0.15, 0.2) is 29.1 Å². The predicted octanol–water partition coefficient (Wildman–Crippen LogP) is 1.60. The van der Waals surface area contributed by atoms with Gasteiger partial charge < -0.3 is 9.88 Å². The van der Waals surface area contributed by atoms with E-state index >= 15 is 0 Å². The molecule has 0 bridgehead atoms. The van der Waals surface area contributed by atoms with Gasteiger partial charge in [0.1, 0.15) is 16.9 Å². The lowest BCUT2D eigenvalue weighted by atomic mass is 9.90. The molecule has 2 N–H and O–H groups in total. The van der Waals surface area contributed by atoms with Gasteiger partial charge in [0.2, 0.25) is 5.56 Å². The van der Waals surface area contributed by atoms with Crippen molar-refractivity contribution < 1.29 is 9.18 Å². The molecule has 1 atom stereocenters. The zero-order valence-electron chi connectivity index (χ0n) is 13.5. The van der Waals surface area contributed by atoms with Crippen LogP contribution in [-0.2, 0) is 13.5 Å². The standard InChI is InChI=1S/C17H16FN5O2/c1-23-14-4-2-3-12(10(14)5-6-15(23)24)19-17(25)11-7-9(18)8-13-16(11)21-22-20-13/h5-8,12H,2-4H2,1H3,(H,19,25)(H,20,21,22). The Bertz CT molecular complexity index is 1040. The molecule has 128 valence electrons. The molecule has 0 saturated carbocycles. The molecule has 7 nitrogen and oxygen atoms in total. The third-order valence-electron chi connectivity index (χ3n) is 4.69. The highest BCUT2D eigenvalue weighted by Gasteiger charge is 2.25. The number of H-pyrrole nitrogens is 1. The van der Waals surface area contributed by atoms with Crippen LogP contribution in [0.25, 0.3) is 11.0 Å². The molecule has 0 spiro atoms. The lowest BCUT2D eigenvalue weighted by Crippen LogP contribution is -2.34. The number of benzene rings is 1. The van der Waals surface area contributed by atoms with E-state index in [0.717, 1.165) is 36.6 Å². The Kier molecular flexibility index (Phi) is 3.60. The SMILES string of the molecule is Cn1c2c(ccc1=O)C(NC(=O)c1cc(F)cc3n[nH]nc13)CCC2. The molecule has 0 aliphatic heterocycles. The van der Waals surface area contributed by atoms with Gasteiger partial charge in [-0.15, -0.1) is 0 Å². The number of rotatable bonds is 2. The normalized spacial score (nSPS) is 16.6. The molecule has 1 unspecified atom stereocenters. The third-order valence-corrected chi connectivity index (χ3v) is 4.69. The third kappa shape index (κ3) is 2.59. The molecule has 0 fully saturated rings. The molecule has 3 aromatic rings. The number of nitrogens with zero attached hydrogens (tertiary/aromatic N) is 3. The molecule has 1 aromatic carbocycles. The van der Waals surface area contributed by atoms with Gasteiger partial charge in [0.15, 0.2) is 0 Å². The molecule has 25 heavy (non-hydrogen) atoms. The summed E-state index contributed by atoms with van der Waals surface area (Å²) in [4.78, 5) is 24.5. The van der Waals surface area contributed by atoms with Crippen molar-refractivity contribution in [2.24, 2.45) is 7.05 Å². The van der Waals surface area contributed by atoms with Crippen LogP contribution in [-0.4, -0.2) is 25.9 Å². The van der Waals surface area contributed by atoms with Gasteiger partial charge in [-0.2, -0.15) is 15.4 Å². The van der Waals surface area contributed by atoms with Crippen molar-refractivity contribution in [3.63, 3.8) is 0 Å². The Morgan fingerprint density at radius 1 is 1.36 bits per heavy atom. The van der Waals surface area contributed by atoms with E-state index in [1.807, 2.05) is 0 Å². The first kappa shape index (κ1) is 15.5. The summed E-state index contributed by atoms with van der Waals surface area (Å²) in [5.74, 6) is -0.955. The van der Waals surface area contributed by atoms with Crippen LogP contribution >= 0.6 is 0 Å². The van der Waals surface area contributed by atoms with E-state index in [4.69, 9.17) is 0 Å². The van der Waals surface area contributed by atoms with Crippen LogP contribution in [0.4, 0.5) is 4.39 Å². The molecule has 2 aromatic heterocycles. The van der Waals surface area contributed by atoms with E-state index in [1.54, 1.807) is 17.7 Å². The van der Waals surface area contributed by atoms with E-state index in [9.17, 15) is 14.0 Å². The summed E-state index contributed by atoms with van der Waals surface area (Å²) in [6.45, 7) is 0. The van der Waals surface area contributed by atoms with Crippen molar-refractivity contribution in [1.82, 2.24) is 25.3 Å². The van der Waals surface area contributed by atoms with Crippen LogP contribution in [0.1, 0.15) is 40.5 Å². The number of pyridine rings is 1. The van der Waals surface area contributed by atoms with Gasteiger partial charge in [-0.3, -0.25) is 9.59 Å². The highest BCUT2D eigenvalue weighted by atomic mass is 19.1. The van der Waals surface area contributed by atoms with E-state index in [1.165, 1.54) is 12.1 Å². The van der Waals surface area contributed by atoms with Crippen LogP contribution in [0.3, 0.4) is 0 Å². The zero-order chi connectivity index (χ0) is 17.6. The Labute approximate surface area is 141 Å². The summed E-state index contributed by atoms with van der Waals surface area (Å²) >= 11 is 0. The number of amides is 1. The monoisotopic (exact) mass is 341 g/mol. The summed E-state index contributed by atoms with van der Waals surface area (Å²) < 4.78 is 15.4. The minimum atomic E-state index is -0.544. The van der Waals surface area contributed by atoms with Gasteiger partial charge >= 0.3 is 0 Å². The van der Waals surface area contributed by atoms with Gasteiger partial charge in [0.25, 0.3) is 5.91 Å². The van der Waals surface area contributed by atoms with E-state index in [0.29, 0.717) is 11.0 Å². The number of aromatic amines is 1. The van der Waals surface area contributed by atoms with Gasteiger partial charge in [0, 0.05) is 24.9 Å². The van der Waals surface area contributed by atoms with Gasteiger partial charge in [-0.1, -0.05) is 0 Å². The lowest BCUT2D eigenvalue weighted by Gasteiger charge is -2.27. The second-order valence-corrected chi connectivity index (χ2v) is 6.20. The Hall–Kier alpha value is -3.03. The van der Waals surface area contributed by atoms with Gasteiger partial charge in [-0.05, 0) is 37.0 Å². The molecule has 0 radical (unpaired) electrons. The fraction of sp³-hybridized carbons (Fsp3) is 0.294. The number of hydrogen-bond acceptors (Lipinski definition) is 4. The maximum absolute atomic E-state index is 13.8. The first-order valence-corrected chi connectivity index (χ1v) is 8.04. The highest BCUT2D eigenvalue weighted by Crippen LogP contribution is 2.29. The van der Waals surface area contributed by atoms with Crippen molar-refractivity contribution in [3.8, 4) is 0 Å². The van der Waals surface area contributed by atoms with Crippen molar-refractivity contribution in [2.75, 3.05) is 0 Å². The molecule has 1 aliphatic rings. The fourth-order valence-electron chi connectivity index (χ4n) is 3.43. The Morgan fingerprint density at radius 3 is 3.04 bits per heavy atom. The Morgan fingerprint density at radius 2 is 2.20 bits per heavy atom. The second kappa shape index (κ2) is 5.80. The number of hydrogen-bond donors (Lipinski definition) is 2. The molecule has 1 aliphatic carbocycles. The number of nitrogens with one attached hydrogen (secondary N) is 2. The van der Waals surface area contributed by atoms with E-state index in [-0.39, 0.29) is 17.2 Å². The van der Waals surface area contributed by atoms with Crippen molar-refractivity contribution >= 4 is 16.9 Å². The first-order chi connectivity index (χ1) is 12.0. The van der Waals surface area contributed by atoms with Crippen molar-refractivity contribution in [3.05, 3.63) is 57.3 Å². The first-order valence-electron chi connectivity index (χ1n) is 8.04. The Balaban J connectivity index is 1.69. The van der Waals surface area contributed by atoms with Crippen LogP contribution < -0.4 is 10.9 Å². The maximum atomic E-state index is 13.8.